The second-order valence-corrected chi connectivity index (χ2v) is 12.0. The molecule has 0 aromatic rings. The summed E-state index contributed by atoms with van der Waals surface area (Å²) in [4.78, 5) is 34.9. The van der Waals surface area contributed by atoms with E-state index < -0.39 is 23.5 Å². The third-order valence-electron chi connectivity index (χ3n) is 4.44. The van der Waals surface area contributed by atoms with Crippen LogP contribution in [-0.2, 0) is 36.3 Å². The van der Waals surface area contributed by atoms with E-state index in [4.69, 9.17) is 27.9 Å². The molecule has 0 aromatic carbocycles. The summed E-state index contributed by atoms with van der Waals surface area (Å²) >= 11 is 0. The Morgan fingerprint density at radius 3 is 0.743 bits per heavy atom. The van der Waals surface area contributed by atoms with Crippen molar-refractivity contribution in [3.8, 4) is 0 Å². The SMILES string of the molecule is CCC(C)OP(=O)(O)O.CCC(C)OP(=O)(O)OC(C)CC.CCC(C)OP(=O)(O)OC(C)CC. The van der Waals surface area contributed by atoms with Crippen molar-refractivity contribution in [2.45, 2.75) is 132 Å². The van der Waals surface area contributed by atoms with E-state index in [1.807, 2.05) is 27.7 Å². The lowest BCUT2D eigenvalue weighted by Gasteiger charge is -2.19. The summed E-state index contributed by atoms with van der Waals surface area (Å²) in [5.41, 5.74) is 0. The molecule has 0 heterocycles. The van der Waals surface area contributed by atoms with Gasteiger partial charge in [-0.1, -0.05) is 34.6 Å². The van der Waals surface area contributed by atoms with Crippen molar-refractivity contribution in [3.63, 3.8) is 0 Å². The van der Waals surface area contributed by atoms with Gasteiger partial charge in [0.05, 0.1) is 30.5 Å². The van der Waals surface area contributed by atoms with Gasteiger partial charge in [0.1, 0.15) is 0 Å². The monoisotopic (exact) mass is 574 g/mol. The van der Waals surface area contributed by atoms with E-state index in [0.29, 0.717) is 32.1 Å². The lowest BCUT2D eigenvalue weighted by molar-refractivity contribution is 0.0820. The van der Waals surface area contributed by atoms with Gasteiger partial charge in [0.25, 0.3) is 0 Å². The minimum absolute atomic E-state index is 0.250. The molecule has 0 saturated carbocycles. The van der Waals surface area contributed by atoms with Crippen LogP contribution < -0.4 is 0 Å². The highest BCUT2D eigenvalue weighted by Crippen LogP contribution is 2.47. The summed E-state index contributed by atoms with van der Waals surface area (Å²) in [5, 5.41) is 0. The molecule has 12 nitrogen and oxygen atoms in total. The van der Waals surface area contributed by atoms with Gasteiger partial charge in [-0.05, 0) is 66.7 Å². The van der Waals surface area contributed by atoms with Crippen molar-refractivity contribution in [2.75, 3.05) is 0 Å². The normalized spacial score (nSPS) is 19.4. The summed E-state index contributed by atoms with van der Waals surface area (Å²) < 4.78 is 56.2. The Kier molecular flexibility index (Phi) is 23.1. The van der Waals surface area contributed by atoms with Crippen LogP contribution in [0.1, 0.15) is 101 Å². The highest BCUT2D eigenvalue weighted by atomic mass is 31.2. The van der Waals surface area contributed by atoms with Crippen LogP contribution >= 0.6 is 23.5 Å². The van der Waals surface area contributed by atoms with Gasteiger partial charge >= 0.3 is 23.5 Å². The molecule has 0 aromatic heterocycles. The third-order valence-corrected chi connectivity index (χ3v) is 7.58. The molecule has 0 bridgehead atoms. The average Bonchev–Trinajstić information content (AvgIpc) is 2.71. The minimum Gasteiger partial charge on any atom is -0.303 e. The molecule has 0 saturated heterocycles. The molecule has 0 aliphatic rings. The maximum atomic E-state index is 11.3. The van der Waals surface area contributed by atoms with Crippen molar-refractivity contribution >= 4 is 23.5 Å². The fourth-order valence-electron chi connectivity index (χ4n) is 1.57. The van der Waals surface area contributed by atoms with Gasteiger partial charge in [-0.15, -0.1) is 0 Å². The van der Waals surface area contributed by atoms with Crippen molar-refractivity contribution in [3.05, 3.63) is 0 Å². The van der Waals surface area contributed by atoms with E-state index in [1.54, 1.807) is 41.5 Å². The molecule has 0 radical (unpaired) electrons. The molecule has 4 N–H and O–H groups in total. The molecular weight excluding hydrogens is 525 g/mol. The Bertz CT molecular complexity index is 585. The van der Waals surface area contributed by atoms with E-state index in [2.05, 4.69) is 4.52 Å². The number of rotatable bonds is 15. The minimum atomic E-state index is -4.24. The first-order valence-corrected chi connectivity index (χ1v) is 16.4. The molecule has 5 unspecified atom stereocenters. The Balaban J connectivity index is -0.000000448. The van der Waals surface area contributed by atoms with Crippen LogP contribution in [0.25, 0.3) is 0 Å². The molecule has 0 aliphatic heterocycles. The molecule has 15 heteroatoms. The van der Waals surface area contributed by atoms with E-state index in [-0.39, 0.29) is 30.5 Å². The Morgan fingerprint density at radius 1 is 0.457 bits per heavy atom. The molecular formula is C20H49O12P3. The predicted octanol–water partition coefficient (Wildman–Crippen LogP) is 6.33. The largest absolute Gasteiger partial charge is 0.472 e. The highest BCUT2D eigenvalue weighted by molar-refractivity contribution is 7.47. The standard InChI is InChI=1S/2C8H19O4P.C4H11O4P/c2*1-5-7(3)11-13(9,10)12-8(4)6-2;1-3-4(2)8-9(5,6)7/h2*7-8H,5-6H2,1-4H3,(H,9,10);4H,3H2,1-2H3,(H2,5,6,7). The fraction of sp³-hybridized carbons (Fsp3) is 1.00. The molecule has 0 fully saturated rings. The number of phosphoric acid groups is 3. The summed E-state index contributed by atoms with van der Waals surface area (Å²) in [6, 6.07) is 0. The van der Waals surface area contributed by atoms with E-state index in [1.165, 1.54) is 0 Å². The fourth-order valence-corrected chi connectivity index (χ4v) is 4.70. The lowest BCUT2D eigenvalue weighted by Crippen LogP contribution is -2.10. The van der Waals surface area contributed by atoms with Crippen molar-refractivity contribution in [1.82, 2.24) is 0 Å². The highest BCUT2D eigenvalue weighted by Gasteiger charge is 2.26. The van der Waals surface area contributed by atoms with Crippen LogP contribution in [0.5, 0.6) is 0 Å². The van der Waals surface area contributed by atoms with Gasteiger partial charge in [-0.2, -0.15) is 0 Å². The first-order chi connectivity index (χ1) is 15.8. The predicted molar refractivity (Wildman–Crippen MR) is 136 cm³/mol. The zero-order chi connectivity index (χ0) is 28.5. The first-order valence-electron chi connectivity index (χ1n) is 11.9. The number of hydrogen-bond acceptors (Lipinski definition) is 8. The van der Waals surface area contributed by atoms with E-state index in [9.17, 15) is 23.5 Å². The van der Waals surface area contributed by atoms with Gasteiger partial charge in [0.15, 0.2) is 0 Å². The average molecular weight is 575 g/mol. The quantitative estimate of drug-likeness (QED) is 0.160. The summed E-state index contributed by atoms with van der Waals surface area (Å²) in [7, 11) is -11.9. The maximum Gasteiger partial charge on any atom is 0.472 e. The lowest BCUT2D eigenvalue weighted by atomic mass is 10.3. The van der Waals surface area contributed by atoms with Crippen LogP contribution in [0.15, 0.2) is 0 Å². The molecule has 216 valence electrons. The first kappa shape index (κ1) is 39.8. The van der Waals surface area contributed by atoms with Crippen LogP contribution in [0.3, 0.4) is 0 Å². The van der Waals surface area contributed by atoms with Crippen LogP contribution in [-0.4, -0.2) is 50.1 Å². The number of phosphoric ester groups is 3. The Hall–Kier alpha value is 0.330. The second-order valence-electron chi connectivity index (χ2n) is 8.05. The van der Waals surface area contributed by atoms with Crippen molar-refractivity contribution in [1.29, 1.82) is 0 Å². The second kappa shape index (κ2) is 20.3. The maximum absolute atomic E-state index is 11.3. The van der Waals surface area contributed by atoms with Crippen LogP contribution in [0.2, 0.25) is 0 Å². The molecule has 0 amide bonds. The Labute approximate surface area is 211 Å². The topological polar surface area (TPSA) is 178 Å². The van der Waals surface area contributed by atoms with Gasteiger partial charge in [0, 0.05) is 0 Å². The van der Waals surface area contributed by atoms with Crippen LogP contribution in [0.4, 0.5) is 0 Å². The molecule has 0 spiro atoms. The van der Waals surface area contributed by atoms with Crippen LogP contribution in [0, 0.1) is 0 Å². The number of hydrogen-bond donors (Lipinski definition) is 4. The van der Waals surface area contributed by atoms with Gasteiger partial charge in [-0.3, -0.25) is 22.6 Å². The molecule has 0 aliphatic carbocycles. The smallest absolute Gasteiger partial charge is 0.303 e. The summed E-state index contributed by atoms with van der Waals surface area (Å²) in [6.45, 7) is 17.9. The zero-order valence-electron chi connectivity index (χ0n) is 22.8. The van der Waals surface area contributed by atoms with Gasteiger partial charge in [-0.25, -0.2) is 13.7 Å². The van der Waals surface area contributed by atoms with E-state index in [0.717, 1.165) is 0 Å². The zero-order valence-corrected chi connectivity index (χ0v) is 25.5. The summed E-state index contributed by atoms with van der Waals surface area (Å²) in [5.74, 6) is 0. The molecule has 0 rings (SSSR count). The summed E-state index contributed by atoms with van der Waals surface area (Å²) in [6.07, 6.45) is 1.99. The Morgan fingerprint density at radius 2 is 0.629 bits per heavy atom. The van der Waals surface area contributed by atoms with Gasteiger partial charge < -0.3 is 19.6 Å². The van der Waals surface area contributed by atoms with Gasteiger partial charge in [0.2, 0.25) is 0 Å². The molecule has 5 atom stereocenters. The molecule has 35 heavy (non-hydrogen) atoms. The van der Waals surface area contributed by atoms with E-state index >= 15 is 0 Å². The van der Waals surface area contributed by atoms with Crippen molar-refractivity contribution < 1.29 is 55.9 Å². The third kappa shape index (κ3) is 28.7. The van der Waals surface area contributed by atoms with Crippen molar-refractivity contribution in [2.24, 2.45) is 0 Å².